The molecule has 0 amide bonds. The molecule has 0 aliphatic carbocycles. The van der Waals surface area contributed by atoms with Crippen LogP contribution in [0.1, 0.15) is 44.0 Å². The lowest BCUT2D eigenvalue weighted by Gasteiger charge is -2.12. The fourth-order valence-corrected chi connectivity index (χ4v) is 3.71. The van der Waals surface area contributed by atoms with Gasteiger partial charge in [-0.2, -0.15) is 0 Å². The Kier molecular flexibility index (Phi) is 5.05. The summed E-state index contributed by atoms with van der Waals surface area (Å²) in [5.74, 6) is 0.897. The Morgan fingerprint density at radius 3 is 2.89 bits per heavy atom. The zero-order valence-corrected chi connectivity index (χ0v) is 16.7. The average Bonchev–Trinajstić information content (AvgIpc) is 3.29. The van der Waals surface area contributed by atoms with Crippen molar-refractivity contribution >= 4 is 10.9 Å². The topological polar surface area (TPSA) is 78.5 Å². The van der Waals surface area contributed by atoms with Gasteiger partial charge in [0.05, 0.1) is 11.4 Å². The molecular weight excluding hydrogens is 350 g/mol. The number of benzene rings is 1. The van der Waals surface area contributed by atoms with Crippen LogP contribution >= 0.6 is 0 Å². The lowest BCUT2D eigenvalue weighted by atomic mass is 10.1. The predicted octanol–water partition coefficient (Wildman–Crippen LogP) is 3.81. The van der Waals surface area contributed by atoms with Crippen LogP contribution in [0, 0.1) is 0 Å². The van der Waals surface area contributed by atoms with Crippen LogP contribution in [0.2, 0.25) is 0 Å². The summed E-state index contributed by atoms with van der Waals surface area (Å²) < 4.78 is 1.73. The molecule has 0 saturated carbocycles. The molecule has 6 nitrogen and oxygen atoms in total. The number of hydrogen-bond acceptors (Lipinski definition) is 3. The Bertz CT molecular complexity index is 1120. The highest BCUT2D eigenvalue weighted by atomic mass is 16.1. The van der Waals surface area contributed by atoms with E-state index < -0.39 is 0 Å². The molecule has 2 aliphatic rings. The minimum absolute atomic E-state index is 0.00527. The van der Waals surface area contributed by atoms with Crippen LogP contribution < -0.4 is 10.9 Å². The second-order valence-corrected chi connectivity index (χ2v) is 7.41. The van der Waals surface area contributed by atoms with Gasteiger partial charge in [0.15, 0.2) is 5.82 Å². The second-order valence-electron chi connectivity index (χ2n) is 7.41. The maximum atomic E-state index is 13.1. The summed E-state index contributed by atoms with van der Waals surface area (Å²) in [6.45, 7) is 5.07. The number of aromatic nitrogens is 4. The standard InChI is InChI=1S/C22H27N5O/c1-4-14(2)20-22(28)27-13-19(16-12-24-17-9-6-5-8-15(16)17)25-18(21(27)26-20)10-7-11-23-3/h5-6,8-9,12-14,23-25H,4,7,10-11H2,1-3H3. The van der Waals surface area contributed by atoms with Gasteiger partial charge in [-0.3, -0.25) is 9.36 Å². The van der Waals surface area contributed by atoms with E-state index in [-0.39, 0.29) is 11.5 Å². The van der Waals surface area contributed by atoms with Crippen molar-refractivity contribution in [3.8, 4) is 17.1 Å². The zero-order chi connectivity index (χ0) is 19.7. The van der Waals surface area contributed by atoms with Crippen molar-refractivity contribution in [3.63, 3.8) is 0 Å². The van der Waals surface area contributed by atoms with Crippen molar-refractivity contribution in [2.45, 2.75) is 39.0 Å². The molecule has 6 heteroatoms. The molecule has 28 heavy (non-hydrogen) atoms. The highest BCUT2D eigenvalue weighted by Gasteiger charge is 2.22. The molecule has 1 aromatic carbocycles. The summed E-state index contributed by atoms with van der Waals surface area (Å²) in [4.78, 5) is 24.7. The molecule has 146 valence electrons. The van der Waals surface area contributed by atoms with Crippen molar-refractivity contribution in [1.29, 1.82) is 0 Å². The number of aromatic amines is 2. The molecule has 2 aromatic rings. The van der Waals surface area contributed by atoms with E-state index >= 15 is 0 Å². The fourth-order valence-electron chi connectivity index (χ4n) is 3.71. The third-order valence-corrected chi connectivity index (χ3v) is 5.52. The van der Waals surface area contributed by atoms with Gasteiger partial charge in [0, 0.05) is 34.8 Å². The number of imidazole rings is 1. The highest BCUT2D eigenvalue weighted by molar-refractivity contribution is 5.94. The number of rotatable bonds is 7. The molecule has 1 aromatic heterocycles. The molecule has 4 rings (SSSR count). The minimum Gasteiger partial charge on any atom is -0.360 e. The fraction of sp³-hybridized carbons (Fsp3) is 0.364. The van der Waals surface area contributed by atoms with E-state index in [2.05, 4.69) is 41.3 Å². The quantitative estimate of drug-likeness (QED) is 0.429. The Morgan fingerprint density at radius 2 is 2.11 bits per heavy atom. The van der Waals surface area contributed by atoms with Crippen molar-refractivity contribution in [1.82, 2.24) is 24.8 Å². The van der Waals surface area contributed by atoms with Gasteiger partial charge < -0.3 is 15.3 Å². The van der Waals surface area contributed by atoms with E-state index in [0.29, 0.717) is 5.69 Å². The van der Waals surface area contributed by atoms with E-state index in [0.717, 1.165) is 59.5 Å². The van der Waals surface area contributed by atoms with Gasteiger partial charge in [-0.05, 0) is 38.9 Å². The number of nitrogens with one attached hydrogen (secondary N) is 3. The first-order valence-corrected chi connectivity index (χ1v) is 9.99. The van der Waals surface area contributed by atoms with Crippen LogP contribution in [-0.4, -0.2) is 33.1 Å². The smallest absolute Gasteiger partial charge is 0.278 e. The van der Waals surface area contributed by atoms with E-state index in [1.807, 2.05) is 31.6 Å². The van der Waals surface area contributed by atoms with Gasteiger partial charge in [0.25, 0.3) is 5.56 Å². The summed E-state index contributed by atoms with van der Waals surface area (Å²) in [5.41, 5.74) is 4.72. The van der Waals surface area contributed by atoms with Gasteiger partial charge in [-0.1, -0.05) is 32.0 Å². The predicted molar refractivity (Wildman–Crippen MR) is 114 cm³/mol. The third kappa shape index (κ3) is 3.14. The van der Waals surface area contributed by atoms with Crippen molar-refractivity contribution in [3.05, 3.63) is 58.4 Å². The van der Waals surface area contributed by atoms with Gasteiger partial charge in [0.1, 0.15) is 5.69 Å². The Morgan fingerprint density at radius 1 is 1.29 bits per heavy atom. The van der Waals surface area contributed by atoms with Gasteiger partial charge in [-0.25, -0.2) is 4.98 Å². The third-order valence-electron chi connectivity index (χ3n) is 5.52. The molecule has 1 unspecified atom stereocenters. The van der Waals surface area contributed by atoms with Crippen molar-refractivity contribution < 1.29 is 0 Å². The van der Waals surface area contributed by atoms with E-state index in [1.165, 1.54) is 0 Å². The summed E-state index contributed by atoms with van der Waals surface area (Å²) in [6.07, 6.45) is 6.59. The van der Waals surface area contributed by atoms with Crippen molar-refractivity contribution in [2.24, 2.45) is 0 Å². The van der Waals surface area contributed by atoms with E-state index in [4.69, 9.17) is 4.98 Å². The second kappa shape index (κ2) is 7.64. The monoisotopic (exact) mass is 377 g/mol. The van der Waals surface area contributed by atoms with Crippen LogP contribution in [0.25, 0.3) is 28.0 Å². The van der Waals surface area contributed by atoms with E-state index in [1.54, 1.807) is 4.57 Å². The first-order chi connectivity index (χ1) is 13.6. The lowest BCUT2D eigenvalue weighted by Crippen LogP contribution is -2.19. The summed E-state index contributed by atoms with van der Waals surface area (Å²) >= 11 is 0. The first kappa shape index (κ1) is 18.5. The molecule has 0 bridgehead atoms. The van der Waals surface area contributed by atoms with Crippen molar-refractivity contribution in [2.75, 3.05) is 13.6 Å². The Hall–Kier alpha value is -2.86. The molecule has 3 heterocycles. The summed E-state index contributed by atoms with van der Waals surface area (Å²) in [6, 6.07) is 8.20. The Labute approximate surface area is 164 Å². The number of aryl methyl sites for hydroxylation is 1. The van der Waals surface area contributed by atoms with Gasteiger partial charge in [0.2, 0.25) is 0 Å². The molecule has 3 N–H and O–H groups in total. The largest absolute Gasteiger partial charge is 0.360 e. The maximum Gasteiger partial charge on any atom is 0.278 e. The Balaban J connectivity index is 1.90. The number of H-pyrrole nitrogens is 2. The minimum atomic E-state index is -0.00527. The van der Waals surface area contributed by atoms with Gasteiger partial charge >= 0.3 is 0 Å². The number of hydrogen-bond donors (Lipinski definition) is 3. The molecule has 0 spiro atoms. The molecule has 0 saturated heterocycles. The zero-order valence-electron chi connectivity index (χ0n) is 16.7. The number of para-hydroxylation sites is 1. The van der Waals surface area contributed by atoms with Crippen LogP contribution in [0.3, 0.4) is 0 Å². The normalized spacial score (nSPS) is 12.8. The number of nitrogens with zero attached hydrogens (tertiary/aromatic N) is 2. The van der Waals surface area contributed by atoms with Crippen LogP contribution in [0.15, 0.2) is 41.5 Å². The summed E-state index contributed by atoms with van der Waals surface area (Å²) in [5, 5.41) is 4.32. The lowest BCUT2D eigenvalue weighted by molar-refractivity contribution is 0.705. The van der Waals surface area contributed by atoms with Crippen LogP contribution in [0.4, 0.5) is 0 Å². The molecule has 2 aliphatic heterocycles. The molecule has 0 radical (unpaired) electrons. The van der Waals surface area contributed by atoms with Crippen LogP contribution in [-0.2, 0) is 6.42 Å². The molecular formula is C22H27N5O. The highest BCUT2D eigenvalue weighted by Crippen LogP contribution is 2.29. The first-order valence-electron chi connectivity index (χ1n) is 9.99. The maximum absolute atomic E-state index is 13.1. The SMILES string of the molecule is CCC(C)c1nc2c(CCCNC)[nH]c(-c3c[nH]c4ccccc34)cn-2c1=O. The summed E-state index contributed by atoms with van der Waals surface area (Å²) in [7, 11) is 1.95. The average molecular weight is 377 g/mol. The van der Waals surface area contributed by atoms with Gasteiger partial charge in [-0.15, -0.1) is 0 Å². The number of fused-ring (bicyclic) bond motifs is 2. The molecule has 1 atom stereocenters. The van der Waals surface area contributed by atoms with Crippen LogP contribution in [0.5, 0.6) is 0 Å². The van der Waals surface area contributed by atoms with E-state index in [9.17, 15) is 4.79 Å². The molecule has 0 fully saturated rings.